The van der Waals surface area contributed by atoms with E-state index in [4.69, 9.17) is 4.74 Å². The maximum atomic E-state index is 11.1. The van der Waals surface area contributed by atoms with Gasteiger partial charge in [-0.3, -0.25) is 9.69 Å². The predicted molar refractivity (Wildman–Crippen MR) is 91.8 cm³/mol. The summed E-state index contributed by atoms with van der Waals surface area (Å²) in [5.74, 6) is 0.806. The van der Waals surface area contributed by atoms with Crippen LogP contribution in [0.1, 0.15) is 37.1 Å². The highest BCUT2D eigenvalue weighted by Crippen LogP contribution is 2.34. The van der Waals surface area contributed by atoms with Gasteiger partial charge in [-0.05, 0) is 37.1 Å². The summed E-state index contributed by atoms with van der Waals surface area (Å²) in [6, 6.07) is 8.75. The molecule has 1 fully saturated rings. The molecule has 1 amide bonds. The van der Waals surface area contributed by atoms with Gasteiger partial charge in [0, 0.05) is 24.9 Å². The first kappa shape index (κ1) is 16.0. The Morgan fingerprint density at radius 3 is 2.91 bits per heavy atom. The molecule has 3 rings (SSSR count). The number of hydrogen-bond donors (Lipinski definition) is 1. The number of hydrogen-bond acceptors (Lipinski definition) is 5. The fourth-order valence-electron chi connectivity index (χ4n) is 3.01. The van der Waals surface area contributed by atoms with Crippen molar-refractivity contribution in [3.05, 3.63) is 40.9 Å². The van der Waals surface area contributed by atoms with Gasteiger partial charge in [-0.2, -0.15) is 0 Å². The zero-order valence-electron chi connectivity index (χ0n) is 13.4. The summed E-state index contributed by atoms with van der Waals surface area (Å²) in [5, 5.41) is 5.44. The minimum Gasteiger partial charge on any atom is -0.497 e. The molecule has 1 aromatic carbocycles. The van der Waals surface area contributed by atoms with Crippen molar-refractivity contribution in [3.8, 4) is 5.75 Å². The Morgan fingerprint density at radius 2 is 2.22 bits per heavy atom. The van der Waals surface area contributed by atoms with Gasteiger partial charge in [0.2, 0.25) is 5.91 Å². The summed E-state index contributed by atoms with van der Waals surface area (Å²) in [6.07, 6.45) is 2.36. The van der Waals surface area contributed by atoms with Gasteiger partial charge in [0.05, 0.1) is 12.8 Å². The van der Waals surface area contributed by atoms with Crippen LogP contribution in [0.5, 0.6) is 5.75 Å². The summed E-state index contributed by atoms with van der Waals surface area (Å²) in [5.41, 5.74) is 2.33. The first-order valence-corrected chi connectivity index (χ1v) is 8.63. The summed E-state index contributed by atoms with van der Waals surface area (Å²) >= 11 is 1.48. The molecule has 1 aliphatic rings. The van der Waals surface area contributed by atoms with Crippen LogP contribution in [0.3, 0.4) is 0 Å². The molecule has 1 unspecified atom stereocenters. The van der Waals surface area contributed by atoms with Gasteiger partial charge in [0.1, 0.15) is 5.75 Å². The summed E-state index contributed by atoms with van der Waals surface area (Å²) in [6.45, 7) is 3.39. The molecule has 0 saturated carbocycles. The number of amides is 1. The molecule has 6 heteroatoms. The van der Waals surface area contributed by atoms with Crippen LogP contribution < -0.4 is 10.1 Å². The number of rotatable bonds is 5. The molecule has 122 valence electrons. The van der Waals surface area contributed by atoms with Gasteiger partial charge in [0.25, 0.3) is 0 Å². The number of benzene rings is 1. The lowest BCUT2D eigenvalue weighted by Crippen LogP contribution is -2.23. The Hall–Kier alpha value is -1.92. The van der Waals surface area contributed by atoms with Gasteiger partial charge in [0.15, 0.2) is 5.13 Å². The van der Waals surface area contributed by atoms with Crippen LogP contribution in [-0.4, -0.2) is 29.4 Å². The van der Waals surface area contributed by atoms with Crippen molar-refractivity contribution in [1.29, 1.82) is 0 Å². The minimum atomic E-state index is -0.0804. The number of aromatic nitrogens is 1. The molecule has 0 radical (unpaired) electrons. The van der Waals surface area contributed by atoms with E-state index in [1.807, 2.05) is 17.5 Å². The van der Waals surface area contributed by atoms with Crippen molar-refractivity contribution in [2.75, 3.05) is 19.0 Å². The molecule has 0 spiro atoms. The van der Waals surface area contributed by atoms with Crippen LogP contribution in [0.2, 0.25) is 0 Å². The van der Waals surface area contributed by atoms with Crippen molar-refractivity contribution in [1.82, 2.24) is 9.88 Å². The Balaban J connectivity index is 1.68. The Kier molecular flexibility index (Phi) is 4.93. The molecular weight excluding hydrogens is 310 g/mol. The molecule has 1 aliphatic heterocycles. The van der Waals surface area contributed by atoms with Crippen molar-refractivity contribution in [2.24, 2.45) is 0 Å². The van der Waals surface area contributed by atoms with E-state index in [-0.39, 0.29) is 5.91 Å². The zero-order chi connectivity index (χ0) is 16.2. The molecule has 0 bridgehead atoms. The first-order valence-electron chi connectivity index (χ1n) is 7.75. The van der Waals surface area contributed by atoms with E-state index < -0.39 is 0 Å². The molecule has 2 heterocycles. The summed E-state index contributed by atoms with van der Waals surface area (Å²) in [4.78, 5) is 18.0. The van der Waals surface area contributed by atoms with Gasteiger partial charge in [-0.25, -0.2) is 4.98 Å². The van der Waals surface area contributed by atoms with Crippen LogP contribution in [0.15, 0.2) is 29.6 Å². The Bertz CT molecular complexity index is 669. The molecule has 2 aromatic rings. The highest BCUT2D eigenvalue weighted by atomic mass is 32.1. The van der Waals surface area contributed by atoms with Crippen LogP contribution in [0.4, 0.5) is 5.13 Å². The van der Waals surface area contributed by atoms with Crippen LogP contribution in [0.25, 0.3) is 0 Å². The van der Waals surface area contributed by atoms with E-state index in [9.17, 15) is 4.79 Å². The van der Waals surface area contributed by atoms with Crippen molar-refractivity contribution in [2.45, 2.75) is 32.4 Å². The standard InChI is InChI=1S/C17H21N3O2S/c1-12(21)18-17-19-14(11-23-17)10-20-9-3-4-16(20)13-5-7-15(22-2)8-6-13/h5-8,11,16H,3-4,9-10H2,1-2H3,(H,18,19,21). The Labute approximate surface area is 140 Å². The van der Waals surface area contributed by atoms with E-state index in [0.717, 1.165) is 31.0 Å². The number of anilines is 1. The second kappa shape index (κ2) is 7.10. The van der Waals surface area contributed by atoms with Gasteiger partial charge >= 0.3 is 0 Å². The highest BCUT2D eigenvalue weighted by Gasteiger charge is 2.26. The molecule has 1 atom stereocenters. The number of thiazole rings is 1. The SMILES string of the molecule is COc1ccc(C2CCCN2Cc2csc(NC(C)=O)n2)cc1. The van der Waals surface area contributed by atoms with Crippen LogP contribution >= 0.6 is 11.3 Å². The van der Waals surface area contributed by atoms with E-state index in [0.29, 0.717) is 11.2 Å². The number of nitrogens with zero attached hydrogens (tertiary/aromatic N) is 2. The molecule has 1 N–H and O–H groups in total. The summed E-state index contributed by atoms with van der Waals surface area (Å²) < 4.78 is 5.23. The smallest absolute Gasteiger partial charge is 0.223 e. The summed E-state index contributed by atoms with van der Waals surface area (Å²) in [7, 11) is 1.69. The quantitative estimate of drug-likeness (QED) is 0.912. The van der Waals surface area contributed by atoms with Crippen molar-refractivity contribution < 1.29 is 9.53 Å². The average Bonchev–Trinajstić information content (AvgIpc) is 3.17. The lowest BCUT2D eigenvalue weighted by molar-refractivity contribution is -0.114. The Morgan fingerprint density at radius 1 is 1.43 bits per heavy atom. The van der Waals surface area contributed by atoms with Gasteiger partial charge in [-0.15, -0.1) is 11.3 Å². The number of nitrogens with one attached hydrogen (secondary N) is 1. The number of likely N-dealkylation sites (tertiary alicyclic amines) is 1. The number of methoxy groups -OCH3 is 1. The number of ether oxygens (including phenoxy) is 1. The van der Waals surface area contributed by atoms with E-state index in [1.54, 1.807) is 7.11 Å². The number of carbonyl (C=O) groups excluding carboxylic acids is 1. The molecular formula is C17H21N3O2S. The molecule has 0 aliphatic carbocycles. The fraction of sp³-hybridized carbons (Fsp3) is 0.412. The molecule has 23 heavy (non-hydrogen) atoms. The third-order valence-electron chi connectivity index (χ3n) is 4.06. The second-order valence-electron chi connectivity index (χ2n) is 5.73. The number of carbonyl (C=O) groups is 1. The average molecular weight is 331 g/mol. The van der Waals surface area contributed by atoms with Gasteiger partial charge in [-0.1, -0.05) is 12.1 Å². The fourth-order valence-corrected chi connectivity index (χ4v) is 3.76. The van der Waals surface area contributed by atoms with Crippen molar-refractivity contribution in [3.63, 3.8) is 0 Å². The third kappa shape index (κ3) is 3.89. The molecule has 1 saturated heterocycles. The van der Waals surface area contributed by atoms with E-state index in [2.05, 4.69) is 27.3 Å². The predicted octanol–water partition coefficient (Wildman–Crippen LogP) is 3.45. The maximum Gasteiger partial charge on any atom is 0.223 e. The first-order chi connectivity index (χ1) is 11.2. The van der Waals surface area contributed by atoms with Gasteiger partial charge < -0.3 is 10.1 Å². The second-order valence-corrected chi connectivity index (χ2v) is 6.58. The third-order valence-corrected chi connectivity index (χ3v) is 4.87. The monoisotopic (exact) mass is 331 g/mol. The minimum absolute atomic E-state index is 0.0804. The van der Waals surface area contributed by atoms with E-state index in [1.165, 1.54) is 30.2 Å². The zero-order valence-corrected chi connectivity index (χ0v) is 14.2. The lowest BCUT2D eigenvalue weighted by Gasteiger charge is -2.24. The van der Waals surface area contributed by atoms with Crippen LogP contribution in [-0.2, 0) is 11.3 Å². The molecule has 5 nitrogen and oxygen atoms in total. The lowest BCUT2D eigenvalue weighted by atomic mass is 10.0. The molecule has 1 aromatic heterocycles. The largest absolute Gasteiger partial charge is 0.497 e. The van der Waals surface area contributed by atoms with Crippen LogP contribution in [0, 0.1) is 0 Å². The topological polar surface area (TPSA) is 54.5 Å². The normalized spacial score (nSPS) is 18.1. The van der Waals surface area contributed by atoms with Crippen molar-refractivity contribution >= 4 is 22.4 Å². The maximum absolute atomic E-state index is 11.1. The van der Waals surface area contributed by atoms with E-state index >= 15 is 0 Å². The highest BCUT2D eigenvalue weighted by molar-refractivity contribution is 7.13.